The maximum atomic E-state index is 9.63. The van der Waals surface area contributed by atoms with E-state index in [1.54, 1.807) is 14.2 Å². The fourth-order valence-electron chi connectivity index (χ4n) is 4.67. The Labute approximate surface area is 192 Å². The van der Waals surface area contributed by atoms with Crippen LogP contribution in [0, 0.1) is 0 Å². The normalized spacial score (nSPS) is 20.1. The SMILES string of the molecule is COc1ccc(OC)c(CN[C@H]2CCCN(CCCCC(O)CO)[C@H]2c2ccccc2)c1. The van der Waals surface area contributed by atoms with Crippen molar-refractivity contribution in [2.24, 2.45) is 0 Å². The minimum Gasteiger partial charge on any atom is -0.497 e. The predicted molar refractivity (Wildman–Crippen MR) is 127 cm³/mol. The van der Waals surface area contributed by atoms with Crippen LogP contribution in [0.5, 0.6) is 11.5 Å². The number of unbranched alkanes of at least 4 members (excludes halogenated alkanes) is 1. The smallest absolute Gasteiger partial charge is 0.123 e. The van der Waals surface area contributed by atoms with Gasteiger partial charge in [0.15, 0.2) is 0 Å². The van der Waals surface area contributed by atoms with E-state index in [4.69, 9.17) is 14.6 Å². The molecule has 2 aromatic rings. The second-order valence-electron chi connectivity index (χ2n) is 8.53. The zero-order valence-corrected chi connectivity index (χ0v) is 19.4. The highest BCUT2D eigenvalue weighted by atomic mass is 16.5. The van der Waals surface area contributed by atoms with E-state index in [0.717, 1.165) is 55.8 Å². The second kappa shape index (κ2) is 12.8. The second-order valence-corrected chi connectivity index (χ2v) is 8.53. The van der Waals surface area contributed by atoms with E-state index >= 15 is 0 Å². The van der Waals surface area contributed by atoms with Gasteiger partial charge in [0.2, 0.25) is 0 Å². The molecule has 0 aromatic heterocycles. The Morgan fingerprint density at radius 1 is 1.09 bits per heavy atom. The molecule has 1 heterocycles. The number of hydrogen-bond donors (Lipinski definition) is 3. The van der Waals surface area contributed by atoms with Gasteiger partial charge in [0.25, 0.3) is 0 Å². The van der Waals surface area contributed by atoms with Gasteiger partial charge in [-0.1, -0.05) is 30.3 Å². The first-order chi connectivity index (χ1) is 15.7. The van der Waals surface area contributed by atoms with Crippen LogP contribution in [0.4, 0.5) is 0 Å². The number of hydrogen-bond acceptors (Lipinski definition) is 6. The summed E-state index contributed by atoms with van der Waals surface area (Å²) in [4.78, 5) is 2.57. The van der Waals surface area contributed by atoms with Crippen molar-refractivity contribution in [3.05, 3.63) is 59.7 Å². The largest absolute Gasteiger partial charge is 0.497 e. The number of aliphatic hydroxyl groups is 2. The van der Waals surface area contributed by atoms with Gasteiger partial charge in [-0.25, -0.2) is 0 Å². The van der Waals surface area contributed by atoms with Gasteiger partial charge in [-0.2, -0.15) is 0 Å². The molecule has 3 atom stereocenters. The van der Waals surface area contributed by atoms with Crippen LogP contribution in [0.1, 0.15) is 49.3 Å². The van der Waals surface area contributed by atoms with Crippen LogP contribution < -0.4 is 14.8 Å². The van der Waals surface area contributed by atoms with Crippen LogP contribution in [0.3, 0.4) is 0 Å². The molecule has 176 valence electrons. The van der Waals surface area contributed by atoms with E-state index < -0.39 is 6.10 Å². The molecule has 1 aliphatic rings. The Balaban J connectivity index is 1.71. The number of aliphatic hydroxyl groups excluding tert-OH is 2. The maximum Gasteiger partial charge on any atom is 0.123 e. The summed E-state index contributed by atoms with van der Waals surface area (Å²) in [6, 6.07) is 17.3. The zero-order valence-electron chi connectivity index (χ0n) is 19.4. The highest BCUT2D eigenvalue weighted by molar-refractivity contribution is 5.40. The first kappa shape index (κ1) is 24.5. The summed E-state index contributed by atoms with van der Waals surface area (Å²) < 4.78 is 11.0. The van der Waals surface area contributed by atoms with Crippen LogP contribution in [-0.4, -0.2) is 61.2 Å². The van der Waals surface area contributed by atoms with Crippen molar-refractivity contribution in [1.82, 2.24) is 10.2 Å². The fraction of sp³-hybridized carbons (Fsp3) is 0.538. The standard InChI is InChI=1S/C26H38N2O4/c1-31-23-13-14-25(32-2)21(17-23)18-27-24-12-8-16-28(15-7-6-11-22(30)19-29)26(24)20-9-4-3-5-10-20/h3-5,9-10,13-14,17,22,24,26-27,29-30H,6-8,11-12,15-16,18-19H2,1-2H3/t22?,24-,26-/m0/s1. The molecule has 0 amide bonds. The molecule has 1 saturated heterocycles. The number of nitrogens with zero attached hydrogens (tertiary/aromatic N) is 1. The van der Waals surface area contributed by atoms with Crippen LogP contribution >= 0.6 is 0 Å². The third-order valence-electron chi connectivity index (χ3n) is 6.36. The quantitative estimate of drug-likeness (QED) is 0.437. The van der Waals surface area contributed by atoms with E-state index in [2.05, 4.69) is 40.5 Å². The lowest BCUT2D eigenvalue weighted by atomic mass is 9.89. The van der Waals surface area contributed by atoms with Gasteiger partial charge in [-0.05, 0) is 69.0 Å². The number of nitrogens with one attached hydrogen (secondary N) is 1. The van der Waals surface area contributed by atoms with Gasteiger partial charge in [0.05, 0.1) is 33.0 Å². The average Bonchev–Trinajstić information content (AvgIpc) is 2.85. The maximum absolute atomic E-state index is 9.63. The van der Waals surface area contributed by atoms with Gasteiger partial charge in [0.1, 0.15) is 11.5 Å². The molecule has 0 saturated carbocycles. The van der Waals surface area contributed by atoms with E-state index in [9.17, 15) is 5.11 Å². The summed E-state index contributed by atoms with van der Waals surface area (Å²) in [5, 5.41) is 22.5. The Bertz CT molecular complexity index is 802. The molecular formula is C26H38N2O4. The lowest BCUT2D eigenvalue weighted by molar-refractivity contribution is 0.0804. The molecular weight excluding hydrogens is 404 g/mol. The number of rotatable bonds is 12. The summed E-state index contributed by atoms with van der Waals surface area (Å²) >= 11 is 0. The fourth-order valence-corrected chi connectivity index (χ4v) is 4.67. The Hall–Kier alpha value is -2.12. The molecule has 1 unspecified atom stereocenters. The molecule has 0 aliphatic carbocycles. The minimum atomic E-state index is -0.603. The monoisotopic (exact) mass is 442 g/mol. The molecule has 0 spiro atoms. The third-order valence-corrected chi connectivity index (χ3v) is 6.36. The Morgan fingerprint density at radius 3 is 2.62 bits per heavy atom. The summed E-state index contributed by atoms with van der Waals surface area (Å²) in [6.07, 6.45) is 4.24. The van der Waals surface area contributed by atoms with E-state index in [-0.39, 0.29) is 6.61 Å². The first-order valence-corrected chi connectivity index (χ1v) is 11.7. The van der Waals surface area contributed by atoms with Gasteiger partial charge in [0, 0.05) is 18.2 Å². The van der Waals surface area contributed by atoms with Crippen molar-refractivity contribution in [1.29, 1.82) is 0 Å². The van der Waals surface area contributed by atoms with Crippen molar-refractivity contribution in [2.45, 2.75) is 56.8 Å². The van der Waals surface area contributed by atoms with Crippen molar-refractivity contribution in [2.75, 3.05) is 33.9 Å². The van der Waals surface area contributed by atoms with Gasteiger partial charge < -0.3 is 25.0 Å². The molecule has 0 bridgehead atoms. The molecule has 3 N–H and O–H groups in total. The van der Waals surface area contributed by atoms with Gasteiger partial charge >= 0.3 is 0 Å². The van der Waals surface area contributed by atoms with E-state index in [0.29, 0.717) is 25.0 Å². The van der Waals surface area contributed by atoms with E-state index in [1.165, 1.54) is 5.56 Å². The Kier molecular flexibility index (Phi) is 9.81. The van der Waals surface area contributed by atoms with Crippen molar-refractivity contribution in [3.8, 4) is 11.5 Å². The van der Waals surface area contributed by atoms with Crippen molar-refractivity contribution < 1.29 is 19.7 Å². The topological polar surface area (TPSA) is 74.2 Å². The molecule has 1 aliphatic heterocycles. The number of likely N-dealkylation sites (tertiary alicyclic amines) is 1. The highest BCUT2D eigenvalue weighted by Crippen LogP contribution is 2.32. The van der Waals surface area contributed by atoms with Gasteiger partial charge in [-0.3, -0.25) is 4.90 Å². The zero-order chi connectivity index (χ0) is 22.8. The molecule has 6 nitrogen and oxygen atoms in total. The summed E-state index contributed by atoms with van der Waals surface area (Å²) in [7, 11) is 3.39. The molecule has 1 fully saturated rings. The Morgan fingerprint density at radius 2 is 1.91 bits per heavy atom. The van der Waals surface area contributed by atoms with E-state index in [1.807, 2.05) is 18.2 Å². The lowest BCUT2D eigenvalue weighted by Gasteiger charge is -2.42. The summed E-state index contributed by atoms with van der Waals surface area (Å²) in [6.45, 7) is 2.61. The van der Waals surface area contributed by atoms with Crippen LogP contribution in [0.25, 0.3) is 0 Å². The molecule has 32 heavy (non-hydrogen) atoms. The predicted octanol–water partition coefficient (Wildman–Crippen LogP) is 3.52. The van der Waals surface area contributed by atoms with Crippen LogP contribution in [-0.2, 0) is 6.54 Å². The minimum absolute atomic E-state index is 0.157. The lowest BCUT2D eigenvalue weighted by Crippen LogP contribution is -2.48. The first-order valence-electron chi connectivity index (χ1n) is 11.7. The van der Waals surface area contributed by atoms with Crippen molar-refractivity contribution >= 4 is 0 Å². The molecule has 2 aromatic carbocycles. The number of piperidine rings is 1. The average molecular weight is 443 g/mol. The van der Waals surface area contributed by atoms with Crippen LogP contribution in [0.15, 0.2) is 48.5 Å². The number of methoxy groups -OCH3 is 2. The van der Waals surface area contributed by atoms with Gasteiger partial charge in [-0.15, -0.1) is 0 Å². The summed E-state index contributed by atoms with van der Waals surface area (Å²) in [5.41, 5.74) is 2.42. The molecule has 0 radical (unpaired) electrons. The number of ether oxygens (including phenoxy) is 2. The van der Waals surface area contributed by atoms with Crippen LogP contribution in [0.2, 0.25) is 0 Å². The molecule has 6 heteroatoms. The molecule has 3 rings (SSSR count). The number of benzene rings is 2. The van der Waals surface area contributed by atoms with Crippen molar-refractivity contribution in [3.63, 3.8) is 0 Å². The third kappa shape index (κ3) is 6.69. The summed E-state index contributed by atoms with van der Waals surface area (Å²) in [5.74, 6) is 1.70. The highest BCUT2D eigenvalue weighted by Gasteiger charge is 2.32.